The first-order chi connectivity index (χ1) is 30.0. The molecule has 356 valence electrons. The van der Waals surface area contributed by atoms with Crippen LogP contribution in [0.2, 0.25) is 0 Å². The van der Waals surface area contributed by atoms with Gasteiger partial charge in [0.2, 0.25) is 0 Å². The van der Waals surface area contributed by atoms with E-state index in [0.717, 1.165) is 70.6 Å². The lowest BCUT2D eigenvalue weighted by Gasteiger charge is -2.18. The third-order valence-corrected chi connectivity index (χ3v) is 11.6. The standard InChI is InChI=1S/C55H100O6/c1-4-7-10-13-16-19-22-24-26-27-29-30-33-36-39-42-45-48-54(57)60-51-52(50-59-53(56)47-44-41-38-35-32-21-18-15-12-9-6-3)61-55(58)49-46-43-40-37-34-31-28-25-23-20-17-14-11-8-5-2/h15,18,24-26,28,52H,4-14,16-17,19-23,27,29-51H2,1-3H3/b18-15-,26-24-,28-25-/t52-/m0/s1. The lowest BCUT2D eigenvalue weighted by molar-refractivity contribution is -0.167. The van der Waals surface area contributed by atoms with Crippen LogP contribution in [0.3, 0.4) is 0 Å². The van der Waals surface area contributed by atoms with Gasteiger partial charge in [0.15, 0.2) is 6.10 Å². The molecule has 0 unspecified atom stereocenters. The van der Waals surface area contributed by atoms with Gasteiger partial charge < -0.3 is 14.2 Å². The molecule has 0 aromatic rings. The second-order valence-electron chi connectivity index (χ2n) is 17.8. The average molecular weight is 857 g/mol. The van der Waals surface area contributed by atoms with Crippen LogP contribution in [0.4, 0.5) is 0 Å². The zero-order valence-electron chi connectivity index (χ0n) is 40.7. The molecule has 0 amide bonds. The summed E-state index contributed by atoms with van der Waals surface area (Å²) in [4.78, 5) is 37.9. The van der Waals surface area contributed by atoms with Crippen molar-refractivity contribution in [3.63, 3.8) is 0 Å². The van der Waals surface area contributed by atoms with Crippen LogP contribution in [-0.2, 0) is 28.6 Å². The fraction of sp³-hybridized carbons (Fsp3) is 0.836. The summed E-state index contributed by atoms with van der Waals surface area (Å²) >= 11 is 0. The number of hydrogen-bond donors (Lipinski definition) is 0. The zero-order valence-corrected chi connectivity index (χ0v) is 40.7. The van der Waals surface area contributed by atoms with Gasteiger partial charge >= 0.3 is 17.9 Å². The number of carbonyl (C=O) groups is 3. The quantitative estimate of drug-likeness (QED) is 0.0262. The monoisotopic (exact) mass is 857 g/mol. The predicted molar refractivity (Wildman–Crippen MR) is 261 cm³/mol. The van der Waals surface area contributed by atoms with Crippen molar-refractivity contribution < 1.29 is 28.6 Å². The second-order valence-corrected chi connectivity index (χ2v) is 17.8. The van der Waals surface area contributed by atoms with Crippen molar-refractivity contribution in [1.29, 1.82) is 0 Å². The highest BCUT2D eigenvalue weighted by Gasteiger charge is 2.19. The molecule has 0 spiro atoms. The smallest absolute Gasteiger partial charge is 0.306 e. The highest BCUT2D eigenvalue weighted by Crippen LogP contribution is 2.15. The first-order valence-electron chi connectivity index (χ1n) is 26.5. The molecule has 0 radical (unpaired) electrons. The maximum absolute atomic E-state index is 12.8. The molecule has 61 heavy (non-hydrogen) atoms. The van der Waals surface area contributed by atoms with Crippen molar-refractivity contribution in [2.75, 3.05) is 13.2 Å². The topological polar surface area (TPSA) is 78.9 Å². The SMILES string of the molecule is CCCC/C=C\CCCCCCCC(=O)OC[C@@H](COC(=O)CCCCCCCCC/C=C\CCCCCCCC)OC(=O)CCCCCCC/C=C\CCCCCCCC. The molecule has 0 aliphatic heterocycles. The molecule has 0 heterocycles. The van der Waals surface area contributed by atoms with Crippen molar-refractivity contribution in [2.45, 2.75) is 284 Å². The Kier molecular flexibility index (Phi) is 48.3. The molecule has 0 aromatic heterocycles. The van der Waals surface area contributed by atoms with Crippen molar-refractivity contribution >= 4 is 17.9 Å². The first-order valence-corrected chi connectivity index (χ1v) is 26.5. The normalized spacial score (nSPS) is 12.2. The molecular weight excluding hydrogens is 757 g/mol. The number of carbonyl (C=O) groups excluding carboxylic acids is 3. The molecular formula is C55H100O6. The number of allylic oxidation sites excluding steroid dienone is 6. The van der Waals surface area contributed by atoms with Crippen LogP contribution in [0.15, 0.2) is 36.5 Å². The van der Waals surface area contributed by atoms with Crippen LogP contribution in [0.25, 0.3) is 0 Å². The molecule has 0 aromatic carbocycles. The Morgan fingerprint density at radius 1 is 0.311 bits per heavy atom. The summed E-state index contributed by atoms with van der Waals surface area (Å²) in [7, 11) is 0. The molecule has 0 N–H and O–H groups in total. The van der Waals surface area contributed by atoms with Gasteiger partial charge in [-0.15, -0.1) is 0 Å². The van der Waals surface area contributed by atoms with E-state index < -0.39 is 6.10 Å². The van der Waals surface area contributed by atoms with Gasteiger partial charge in [0.05, 0.1) is 0 Å². The first kappa shape index (κ1) is 58.6. The Bertz CT molecular complexity index is 1030. The summed E-state index contributed by atoms with van der Waals surface area (Å²) in [6.07, 6.45) is 58.4. The molecule has 6 heteroatoms. The molecule has 0 rings (SSSR count). The van der Waals surface area contributed by atoms with Gasteiger partial charge in [-0.25, -0.2) is 0 Å². The fourth-order valence-electron chi connectivity index (χ4n) is 7.53. The number of ether oxygens (including phenoxy) is 3. The van der Waals surface area contributed by atoms with E-state index in [9.17, 15) is 14.4 Å². The molecule has 0 saturated heterocycles. The Labute approximate surface area is 378 Å². The van der Waals surface area contributed by atoms with E-state index in [1.54, 1.807) is 0 Å². The lowest BCUT2D eigenvalue weighted by atomic mass is 10.1. The highest BCUT2D eigenvalue weighted by molar-refractivity contribution is 5.71. The van der Waals surface area contributed by atoms with Crippen molar-refractivity contribution in [3.05, 3.63) is 36.5 Å². The molecule has 6 nitrogen and oxygen atoms in total. The minimum Gasteiger partial charge on any atom is -0.462 e. The van der Waals surface area contributed by atoms with Gasteiger partial charge in [-0.3, -0.25) is 14.4 Å². The molecule has 0 fully saturated rings. The maximum atomic E-state index is 12.8. The van der Waals surface area contributed by atoms with Gasteiger partial charge in [0.1, 0.15) is 13.2 Å². The minimum atomic E-state index is -0.778. The average Bonchev–Trinajstić information content (AvgIpc) is 3.26. The van der Waals surface area contributed by atoms with Crippen LogP contribution < -0.4 is 0 Å². The highest BCUT2D eigenvalue weighted by atomic mass is 16.6. The molecule has 0 saturated carbocycles. The zero-order chi connectivity index (χ0) is 44.4. The van der Waals surface area contributed by atoms with Gasteiger partial charge in [-0.05, 0) is 89.9 Å². The Hall–Kier alpha value is -2.37. The van der Waals surface area contributed by atoms with Gasteiger partial charge in [0.25, 0.3) is 0 Å². The van der Waals surface area contributed by atoms with Gasteiger partial charge in [0, 0.05) is 19.3 Å². The van der Waals surface area contributed by atoms with Crippen LogP contribution in [0, 0.1) is 0 Å². The van der Waals surface area contributed by atoms with E-state index in [4.69, 9.17) is 14.2 Å². The van der Waals surface area contributed by atoms with E-state index in [0.29, 0.717) is 19.3 Å². The molecule has 0 aliphatic carbocycles. The van der Waals surface area contributed by atoms with Crippen LogP contribution in [-0.4, -0.2) is 37.2 Å². The van der Waals surface area contributed by atoms with E-state index >= 15 is 0 Å². The Morgan fingerprint density at radius 2 is 0.557 bits per heavy atom. The van der Waals surface area contributed by atoms with Gasteiger partial charge in [-0.2, -0.15) is 0 Å². The molecule has 0 aliphatic rings. The van der Waals surface area contributed by atoms with E-state index in [1.807, 2.05) is 0 Å². The third kappa shape index (κ3) is 48.5. The Balaban J connectivity index is 4.35. The summed E-state index contributed by atoms with van der Waals surface area (Å²) < 4.78 is 16.8. The summed E-state index contributed by atoms with van der Waals surface area (Å²) in [6, 6.07) is 0. The number of rotatable bonds is 48. The summed E-state index contributed by atoms with van der Waals surface area (Å²) in [5.74, 6) is -0.892. The Morgan fingerprint density at radius 3 is 0.869 bits per heavy atom. The van der Waals surface area contributed by atoms with Gasteiger partial charge in [-0.1, -0.05) is 205 Å². The van der Waals surface area contributed by atoms with Crippen LogP contribution >= 0.6 is 0 Å². The lowest BCUT2D eigenvalue weighted by Crippen LogP contribution is -2.30. The van der Waals surface area contributed by atoms with Crippen molar-refractivity contribution in [1.82, 2.24) is 0 Å². The second kappa shape index (κ2) is 50.3. The summed E-state index contributed by atoms with van der Waals surface area (Å²) in [5.41, 5.74) is 0. The molecule has 1 atom stereocenters. The van der Waals surface area contributed by atoms with E-state index in [-0.39, 0.29) is 31.1 Å². The summed E-state index contributed by atoms with van der Waals surface area (Å²) in [6.45, 7) is 6.59. The predicted octanol–water partition coefficient (Wildman–Crippen LogP) is 17.3. The summed E-state index contributed by atoms with van der Waals surface area (Å²) in [5, 5.41) is 0. The number of unbranched alkanes of at least 4 members (excludes halogenated alkanes) is 31. The van der Waals surface area contributed by atoms with Crippen LogP contribution in [0.5, 0.6) is 0 Å². The largest absolute Gasteiger partial charge is 0.462 e. The van der Waals surface area contributed by atoms with Crippen molar-refractivity contribution in [3.8, 4) is 0 Å². The molecule has 0 bridgehead atoms. The fourth-order valence-corrected chi connectivity index (χ4v) is 7.53. The number of hydrogen-bond acceptors (Lipinski definition) is 6. The maximum Gasteiger partial charge on any atom is 0.306 e. The van der Waals surface area contributed by atoms with Crippen LogP contribution in [0.1, 0.15) is 278 Å². The van der Waals surface area contributed by atoms with E-state index in [2.05, 4.69) is 57.2 Å². The number of esters is 3. The van der Waals surface area contributed by atoms with Crippen molar-refractivity contribution in [2.24, 2.45) is 0 Å². The van der Waals surface area contributed by atoms with E-state index in [1.165, 1.54) is 167 Å². The third-order valence-electron chi connectivity index (χ3n) is 11.6. The minimum absolute atomic E-state index is 0.0788.